The van der Waals surface area contributed by atoms with E-state index in [1.165, 1.54) is 33.2 Å². The number of pyridine rings is 1. The molecule has 0 atom stereocenters. The molecule has 9 aromatic rings. The number of fused-ring (bicyclic) bond motifs is 3. The standard InChI is InChI=1S/C53H48N4O/c1-35-32-54-51(31-46(35)37-21-23-39(24-22-37)52(2,3)4)57-49-20-14-12-18-44(49)45-26-25-41(30-50(45)57)58-42-28-38(27-40(29-42)53(5,6)7)47-33-56(34-55-47)48-19-13-11-17-43(48)36-15-9-8-10-16-36/h8-34H,1-7H3. The van der Waals surface area contributed by atoms with E-state index in [0.29, 0.717) is 0 Å². The molecular weight excluding hydrogens is 709 g/mol. The van der Waals surface area contributed by atoms with Gasteiger partial charge in [0.2, 0.25) is 0 Å². The molecule has 5 heteroatoms. The van der Waals surface area contributed by atoms with Gasteiger partial charge in [-0.1, -0.05) is 133 Å². The molecule has 0 N–H and O–H groups in total. The van der Waals surface area contributed by atoms with E-state index in [4.69, 9.17) is 14.7 Å². The summed E-state index contributed by atoms with van der Waals surface area (Å²) in [6.07, 6.45) is 6.00. The minimum atomic E-state index is -0.116. The van der Waals surface area contributed by atoms with E-state index >= 15 is 0 Å². The number of hydrogen-bond donors (Lipinski definition) is 0. The largest absolute Gasteiger partial charge is 0.457 e. The predicted molar refractivity (Wildman–Crippen MR) is 241 cm³/mol. The second-order valence-corrected chi connectivity index (χ2v) is 17.4. The molecule has 6 aromatic carbocycles. The summed E-state index contributed by atoms with van der Waals surface area (Å²) in [7, 11) is 0. The molecule has 0 fully saturated rings. The number of rotatable bonds is 7. The molecule has 0 bridgehead atoms. The Labute approximate surface area is 341 Å². The van der Waals surface area contributed by atoms with E-state index in [1.54, 1.807) is 0 Å². The van der Waals surface area contributed by atoms with Crippen molar-refractivity contribution in [1.82, 2.24) is 19.1 Å². The minimum absolute atomic E-state index is 0.0911. The van der Waals surface area contributed by atoms with Crippen LogP contribution in [0.15, 0.2) is 164 Å². The molecule has 0 unspecified atom stereocenters. The molecule has 0 amide bonds. The number of benzene rings is 6. The highest BCUT2D eigenvalue weighted by atomic mass is 16.5. The van der Waals surface area contributed by atoms with Gasteiger partial charge in [-0.15, -0.1) is 0 Å². The third-order valence-electron chi connectivity index (χ3n) is 11.2. The summed E-state index contributed by atoms with van der Waals surface area (Å²) in [5, 5.41) is 2.32. The molecule has 9 rings (SSSR count). The molecule has 0 saturated heterocycles. The van der Waals surface area contributed by atoms with Crippen LogP contribution in [0, 0.1) is 6.92 Å². The summed E-state index contributed by atoms with van der Waals surface area (Å²) in [5.41, 5.74) is 13.4. The Hall–Kier alpha value is -6.72. The number of aryl methyl sites for hydroxylation is 1. The van der Waals surface area contributed by atoms with Gasteiger partial charge in [0.05, 0.1) is 28.7 Å². The van der Waals surface area contributed by atoms with Gasteiger partial charge in [-0.25, -0.2) is 9.97 Å². The molecule has 0 aliphatic heterocycles. The molecule has 3 aromatic heterocycles. The van der Waals surface area contributed by atoms with Crippen LogP contribution in [0.25, 0.3) is 66.8 Å². The van der Waals surface area contributed by atoms with Gasteiger partial charge in [-0.05, 0) is 99.7 Å². The van der Waals surface area contributed by atoms with Crippen molar-refractivity contribution in [1.29, 1.82) is 0 Å². The van der Waals surface area contributed by atoms with Gasteiger partial charge in [0.15, 0.2) is 0 Å². The van der Waals surface area contributed by atoms with Crippen molar-refractivity contribution in [3.63, 3.8) is 0 Å². The maximum absolute atomic E-state index is 6.82. The predicted octanol–water partition coefficient (Wildman–Crippen LogP) is 14.1. The summed E-state index contributed by atoms with van der Waals surface area (Å²) < 4.78 is 11.2. The third-order valence-corrected chi connectivity index (χ3v) is 11.2. The van der Waals surface area contributed by atoms with Crippen LogP contribution in [0.1, 0.15) is 58.2 Å². The Balaban J connectivity index is 1.11. The molecule has 0 aliphatic carbocycles. The van der Waals surface area contributed by atoms with Gasteiger partial charge in [-0.2, -0.15) is 0 Å². The fourth-order valence-corrected chi connectivity index (χ4v) is 7.90. The summed E-state index contributed by atoms with van der Waals surface area (Å²) in [5.74, 6) is 2.38. The molecule has 0 radical (unpaired) electrons. The van der Waals surface area contributed by atoms with Gasteiger partial charge in [0.25, 0.3) is 0 Å². The molecule has 286 valence electrons. The highest BCUT2D eigenvalue weighted by Crippen LogP contribution is 2.39. The lowest BCUT2D eigenvalue weighted by Gasteiger charge is -2.21. The zero-order chi connectivity index (χ0) is 40.2. The Kier molecular flexibility index (Phi) is 9.12. The van der Waals surface area contributed by atoms with Crippen LogP contribution in [0.5, 0.6) is 11.5 Å². The zero-order valence-electron chi connectivity index (χ0n) is 34.3. The Morgan fingerprint density at radius 2 is 1.21 bits per heavy atom. The second-order valence-electron chi connectivity index (χ2n) is 17.4. The summed E-state index contributed by atoms with van der Waals surface area (Å²) in [6.45, 7) is 15.6. The molecule has 0 aliphatic rings. The Bertz CT molecular complexity index is 2940. The number of imidazole rings is 1. The van der Waals surface area contributed by atoms with Crippen LogP contribution in [-0.4, -0.2) is 19.1 Å². The average molecular weight is 757 g/mol. The summed E-state index contributed by atoms with van der Waals surface area (Å²) in [6, 6.07) is 51.6. The highest BCUT2D eigenvalue weighted by molar-refractivity contribution is 6.09. The molecule has 0 saturated carbocycles. The van der Waals surface area contributed by atoms with Crippen molar-refractivity contribution in [3.05, 3.63) is 181 Å². The lowest BCUT2D eigenvalue weighted by molar-refractivity contribution is 0.479. The maximum atomic E-state index is 6.82. The van der Waals surface area contributed by atoms with Crippen molar-refractivity contribution in [2.24, 2.45) is 0 Å². The van der Waals surface area contributed by atoms with Crippen LogP contribution in [0.3, 0.4) is 0 Å². The molecule has 58 heavy (non-hydrogen) atoms. The Morgan fingerprint density at radius 3 is 1.98 bits per heavy atom. The molecule has 5 nitrogen and oxygen atoms in total. The first-order chi connectivity index (χ1) is 27.9. The molecule has 3 heterocycles. The van der Waals surface area contributed by atoms with Crippen LogP contribution in [-0.2, 0) is 10.8 Å². The van der Waals surface area contributed by atoms with E-state index in [-0.39, 0.29) is 10.8 Å². The zero-order valence-corrected chi connectivity index (χ0v) is 34.3. The van der Waals surface area contributed by atoms with E-state index in [1.807, 2.05) is 18.6 Å². The van der Waals surface area contributed by atoms with Gasteiger partial charge in [0.1, 0.15) is 17.3 Å². The first kappa shape index (κ1) is 36.9. The lowest BCUT2D eigenvalue weighted by Crippen LogP contribution is -2.11. The van der Waals surface area contributed by atoms with Crippen molar-refractivity contribution in [3.8, 4) is 56.5 Å². The van der Waals surface area contributed by atoms with Crippen molar-refractivity contribution in [2.45, 2.75) is 59.3 Å². The van der Waals surface area contributed by atoms with Crippen LogP contribution < -0.4 is 4.74 Å². The van der Waals surface area contributed by atoms with Crippen molar-refractivity contribution < 1.29 is 4.74 Å². The quantitative estimate of drug-likeness (QED) is 0.163. The molecular formula is C53H48N4O. The van der Waals surface area contributed by atoms with E-state index in [9.17, 15) is 0 Å². The van der Waals surface area contributed by atoms with Gasteiger partial charge in [-0.3, -0.25) is 4.57 Å². The maximum Gasteiger partial charge on any atom is 0.138 e. The Morgan fingerprint density at radius 1 is 0.517 bits per heavy atom. The molecule has 0 spiro atoms. The second kappa shape index (κ2) is 14.3. The van der Waals surface area contributed by atoms with Crippen LogP contribution in [0.4, 0.5) is 0 Å². The highest BCUT2D eigenvalue weighted by Gasteiger charge is 2.20. The number of nitrogens with zero attached hydrogens (tertiary/aromatic N) is 4. The topological polar surface area (TPSA) is 44.9 Å². The van der Waals surface area contributed by atoms with Gasteiger partial charge < -0.3 is 9.30 Å². The first-order valence-corrected chi connectivity index (χ1v) is 20.0. The monoisotopic (exact) mass is 756 g/mol. The van der Waals surface area contributed by atoms with Crippen LogP contribution in [0.2, 0.25) is 0 Å². The minimum Gasteiger partial charge on any atom is -0.457 e. The number of ether oxygens (including phenoxy) is 1. The fourth-order valence-electron chi connectivity index (χ4n) is 7.90. The van der Waals surface area contributed by atoms with Crippen molar-refractivity contribution in [2.75, 3.05) is 0 Å². The normalized spacial score (nSPS) is 12.1. The summed E-state index contributed by atoms with van der Waals surface area (Å²) in [4.78, 5) is 9.95. The fraction of sp³-hybridized carbons (Fsp3) is 0.170. The van der Waals surface area contributed by atoms with Crippen molar-refractivity contribution >= 4 is 21.8 Å². The van der Waals surface area contributed by atoms with Crippen LogP contribution >= 0.6 is 0 Å². The van der Waals surface area contributed by atoms with Gasteiger partial charge in [0, 0.05) is 40.4 Å². The first-order valence-electron chi connectivity index (χ1n) is 20.0. The average Bonchev–Trinajstić information content (AvgIpc) is 3.84. The summed E-state index contributed by atoms with van der Waals surface area (Å²) >= 11 is 0. The smallest absolute Gasteiger partial charge is 0.138 e. The number of aromatic nitrogens is 4. The van der Waals surface area contributed by atoms with Gasteiger partial charge >= 0.3 is 0 Å². The number of hydrogen-bond acceptors (Lipinski definition) is 3. The van der Waals surface area contributed by atoms with E-state index in [0.717, 1.165) is 61.8 Å². The lowest BCUT2D eigenvalue weighted by atomic mass is 9.85. The number of para-hydroxylation sites is 2. The third kappa shape index (κ3) is 6.98. The van der Waals surface area contributed by atoms with E-state index in [2.05, 4.69) is 203 Å². The SMILES string of the molecule is Cc1cnc(-n2c3ccccc3c3ccc(Oc4cc(-c5cn(-c6ccccc6-c6ccccc6)cn5)cc(C(C)(C)C)c4)cc32)cc1-c1ccc(C(C)(C)C)cc1. The van der Waals surface area contributed by atoms with E-state index < -0.39 is 0 Å².